The lowest BCUT2D eigenvalue weighted by molar-refractivity contribution is 0.0901. The highest BCUT2D eigenvalue weighted by Gasteiger charge is 2.55. The van der Waals surface area contributed by atoms with E-state index < -0.39 is 0 Å². The molecule has 4 N–H and O–H groups in total. The first-order valence-corrected chi connectivity index (χ1v) is 11.7. The summed E-state index contributed by atoms with van der Waals surface area (Å²) in [6, 6.07) is 19.2. The fraction of sp³-hybridized carbons (Fsp3) is 0.556. The second-order valence-electron chi connectivity index (χ2n) is 10.3. The monoisotopic (exact) mass is 388 g/mol. The number of fused-ring (bicyclic) bond motifs is 3. The molecule has 6 atom stereocenters. The van der Waals surface area contributed by atoms with Gasteiger partial charge in [-0.15, -0.1) is 0 Å². The van der Waals surface area contributed by atoms with Crippen LogP contribution in [-0.2, 0) is 5.41 Å². The maximum atomic E-state index is 6.47. The van der Waals surface area contributed by atoms with E-state index in [-0.39, 0.29) is 5.41 Å². The van der Waals surface area contributed by atoms with Crippen molar-refractivity contribution < 1.29 is 0 Å². The highest BCUT2D eigenvalue weighted by atomic mass is 14.7. The van der Waals surface area contributed by atoms with Crippen molar-refractivity contribution in [2.24, 2.45) is 35.1 Å². The predicted octanol–water partition coefficient (Wildman–Crippen LogP) is 5.48. The van der Waals surface area contributed by atoms with E-state index in [1.54, 1.807) is 11.1 Å². The molecule has 154 valence electrons. The molecule has 0 bridgehead atoms. The van der Waals surface area contributed by atoms with E-state index in [4.69, 9.17) is 11.5 Å². The fourth-order valence-electron chi connectivity index (χ4n) is 7.18. The summed E-state index contributed by atoms with van der Waals surface area (Å²) < 4.78 is 0. The Kier molecular flexibility index (Phi) is 4.83. The van der Waals surface area contributed by atoms with Crippen LogP contribution in [0.5, 0.6) is 0 Å². The summed E-state index contributed by atoms with van der Waals surface area (Å²) in [5.74, 6) is 2.50. The molecular formula is C27H36N2. The van der Waals surface area contributed by atoms with Gasteiger partial charge in [-0.1, -0.05) is 62.4 Å². The molecule has 2 aromatic rings. The van der Waals surface area contributed by atoms with Crippen LogP contribution >= 0.6 is 0 Å². The summed E-state index contributed by atoms with van der Waals surface area (Å²) >= 11 is 0. The number of hydrogen-bond donors (Lipinski definition) is 2. The van der Waals surface area contributed by atoms with Crippen LogP contribution in [0.1, 0.15) is 63.5 Å². The van der Waals surface area contributed by atoms with Crippen LogP contribution < -0.4 is 11.5 Å². The largest absolute Gasteiger partial charge is 0.327 e. The van der Waals surface area contributed by atoms with E-state index in [1.165, 1.54) is 36.8 Å². The Morgan fingerprint density at radius 2 is 1.07 bits per heavy atom. The van der Waals surface area contributed by atoms with Gasteiger partial charge in [0.25, 0.3) is 0 Å². The summed E-state index contributed by atoms with van der Waals surface area (Å²) in [5, 5.41) is 0. The van der Waals surface area contributed by atoms with Gasteiger partial charge in [0.15, 0.2) is 0 Å². The normalized spacial score (nSPS) is 35.7. The van der Waals surface area contributed by atoms with Crippen molar-refractivity contribution in [2.45, 2.75) is 69.9 Å². The minimum absolute atomic E-state index is 0.121. The molecule has 3 aliphatic rings. The lowest BCUT2D eigenvalue weighted by Gasteiger charge is -2.52. The van der Waals surface area contributed by atoms with E-state index in [9.17, 15) is 0 Å². The van der Waals surface area contributed by atoms with E-state index in [0.29, 0.717) is 35.8 Å². The SMILES string of the molecule is CC1CC(C2(C3CCC(N)C(C)C3)c3ccccc3-c3ccccc32)CCC1N. The minimum atomic E-state index is 0.121. The van der Waals surface area contributed by atoms with Gasteiger partial charge in [0, 0.05) is 17.5 Å². The van der Waals surface area contributed by atoms with Crippen LogP contribution in [0.4, 0.5) is 0 Å². The van der Waals surface area contributed by atoms with Crippen molar-refractivity contribution in [3.63, 3.8) is 0 Å². The van der Waals surface area contributed by atoms with Crippen molar-refractivity contribution in [3.05, 3.63) is 59.7 Å². The summed E-state index contributed by atoms with van der Waals surface area (Å²) in [4.78, 5) is 0. The summed E-state index contributed by atoms with van der Waals surface area (Å²) in [6.45, 7) is 4.74. The van der Waals surface area contributed by atoms with Crippen LogP contribution in [-0.4, -0.2) is 12.1 Å². The zero-order chi connectivity index (χ0) is 20.2. The molecule has 0 heterocycles. The van der Waals surface area contributed by atoms with Gasteiger partial charge >= 0.3 is 0 Å². The Labute approximate surface area is 176 Å². The fourth-order valence-corrected chi connectivity index (χ4v) is 7.18. The van der Waals surface area contributed by atoms with Crippen LogP contribution in [0, 0.1) is 23.7 Å². The van der Waals surface area contributed by atoms with Crippen molar-refractivity contribution in [3.8, 4) is 11.1 Å². The Balaban J connectivity index is 1.71. The molecule has 2 aromatic carbocycles. The molecule has 2 fully saturated rings. The quantitative estimate of drug-likeness (QED) is 0.716. The molecule has 0 aliphatic heterocycles. The highest BCUT2D eigenvalue weighted by Crippen LogP contribution is 2.62. The first-order valence-electron chi connectivity index (χ1n) is 11.7. The van der Waals surface area contributed by atoms with Crippen molar-refractivity contribution in [1.82, 2.24) is 0 Å². The van der Waals surface area contributed by atoms with E-state index in [1.807, 2.05) is 0 Å². The molecule has 0 saturated heterocycles. The third-order valence-electron chi connectivity index (χ3n) is 8.79. The standard InChI is InChI=1S/C27H36N2/c1-17-15-19(11-13-25(17)28)27(20-12-14-26(29)18(2)16-20)23-9-5-3-7-21(23)22-8-4-6-10-24(22)27/h3-10,17-20,25-26H,11-16,28-29H2,1-2H3. The van der Waals surface area contributed by atoms with Gasteiger partial charge < -0.3 is 11.5 Å². The van der Waals surface area contributed by atoms with Crippen LogP contribution in [0.25, 0.3) is 11.1 Å². The summed E-state index contributed by atoms with van der Waals surface area (Å²) in [5.41, 5.74) is 19.2. The molecule has 5 rings (SSSR count). The topological polar surface area (TPSA) is 52.0 Å². The molecule has 6 unspecified atom stereocenters. The summed E-state index contributed by atoms with van der Waals surface area (Å²) in [6.07, 6.45) is 7.26. The third kappa shape index (κ3) is 2.83. The minimum Gasteiger partial charge on any atom is -0.327 e. The van der Waals surface area contributed by atoms with Gasteiger partial charge in [0.1, 0.15) is 0 Å². The maximum Gasteiger partial charge on any atom is 0.0271 e. The first-order chi connectivity index (χ1) is 14.0. The van der Waals surface area contributed by atoms with E-state index >= 15 is 0 Å². The Morgan fingerprint density at radius 1 is 0.655 bits per heavy atom. The number of rotatable bonds is 2. The average Bonchev–Trinajstić information content (AvgIpc) is 3.04. The van der Waals surface area contributed by atoms with Gasteiger partial charge in [0.2, 0.25) is 0 Å². The maximum absolute atomic E-state index is 6.47. The Hall–Kier alpha value is -1.64. The van der Waals surface area contributed by atoms with Gasteiger partial charge in [-0.05, 0) is 84.5 Å². The van der Waals surface area contributed by atoms with Crippen molar-refractivity contribution >= 4 is 0 Å². The molecule has 0 amide bonds. The second kappa shape index (κ2) is 7.25. The number of benzene rings is 2. The van der Waals surface area contributed by atoms with Crippen molar-refractivity contribution in [2.75, 3.05) is 0 Å². The molecule has 0 spiro atoms. The molecule has 2 heteroatoms. The Morgan fingerprint density at radius 3 is 1.48 bits per heavy atom. The molecule has 29 heavy (non-hydrogen) atoms. The second-order valence-corrected chi connectivity index (χ2v) is 10.3. The van der Waals surface area contributed by atoms with E-state index in [0.717, 1.165) is 12.8 Å². The zero-order valence-corrected chi connectivity index (χ0v) is 18.0. The molecule has 2 nitrogen and oxygen atoms in total. The van der Waals surface area contributed by atoms with Gasteiger partial charge in [-0.25, -0.2) is 0 Å². The lowest BCUT2D eigenvalue weighted by atomic mass is 9.52. The average molecular weight is 389 g/mol. The zero-order valence-electron chi connectivity index (χ0n) is 18.0. The number of nitrogens with two attached hydrogens (primary N) is 2. The molecule has 0 radical (unpaired) electrons. The smallest absolute Gasteiger partial charge is 0.0271 e. The van der Waals surface area contributed by atoms with Crippen LogP contribution in [0.3, 0.4) is 0 Å². The molecule has 3 aliphatic carbocycles. The highest BCUT2D eigenvalue weighted by molar-refractivity contribution is 5.81. The van der Waals surface area contributed by atoms with Crippen LogP contribution in [0.2, 0.25) is 0 Å². The van der Waals surface area contributed by atoms with Gasteiger partial charge in [-0.3, -0.25) is 0 Å². The summed E-state index contributed by atoms with van der Waals surface area (Å²) in [7, 11) is 0. The van der Waals surface area contributed by atoms with Gasteiger partial charge in [0.05, 0.1) is 0 Å². The van der Waals surface area contributed by atoms with Gasteiger partial charge in [-0.2, -0.15) is 0 Å². The van der Waals surface area contributed by atoms with Crippen molar-refractivity contribution in [1.29, 1.82) is 0 Å². The first kappa shape index (κ1) is 19.3. The van der Waals surface area contributed by atoms with Crippen LogP contribution in [0.15, 0.2) is 48.5 Å². The number of hydrogen-bond acceptors (Lipinski definition) is 2. The molecular weight excluding hydrogens is 352 g/mol. The Bertz CT molecular complexity index is 814. The lowest BCUT2D eigenvalue weighted by Crippen LogP contribution is -2.50. The third-order valence-corrected chi connectivity index (χ3v) is 8.79. The molecule has 0 aromatic heterocycles. The predicted molar refractivity (Wildman–Crippen MR) is 122 cm³/mol. The molecule has 2 saturated carbocycles. The van der Waals surface area contributed by atoms with E-state index in [2.05, 4.69) is 62.4 Å².